The van der Waals surface area contributed by atoms with Gasteiger partial charge in [-0.25, -0.2) is 9.59 Å². The highest BCUT2D eigenvalue weighted by Gasteiger charge is 2.61. The Kier molecular flexibility index (Phi) is 4.54. The molecule has 0 radical (unpaired) electrons. The van der Waals surface area contributed by atoms with Crippen molar-refractivity contribution >= 4 is 11.9 Å². The monoisotopic (exact) mass is 396 g/mol. The maximum Gasteiger partial charge on any atom is 0.340 e. The standard InChI is InChI=1S/C24H28O5/c1-3-5-7-16-12-9-10-13-18(21(12)23(26)28-16)14-11-15(25)19(13)22-20(14)17(8-6-4-2)29-24(22)27/h7-8,13-15,18-19,25H,3-6,9-11H2,1-2H3. The van der Waals surface area contributed by atoms with Gasteiger partial charge >= 0.3 is 11.9 Å². The van der Waals surface area contributed by atoms with Gasteiger partial charge in [-0.05, 0) is 56.1 Å². The largest absolute Gasteiger partial charge is 0.423 e. The van der Waals surface area contributed by atoms with Crippen molar-refractivity contribution in [3.63, 3.8) is 0 Å². The number of aliphatic hydroxyl groups excluding tert-OH is 1. The first-order valence-electron chi connectivity index (χ1n) is 11.1. The summed E-state index contributed by atoms with van der Waals surface area (Å²) in [6.45, 7) is 4.20. The van der Waals surface area contributed by atoms with Crippen LogP contribution in [-0.2, 0) is 19.1 Å². The van der Waals surface area contributed by atoms with E-state index in [0.29, 0.717) is 17.8 Å². The maximum absolute atomic E-state index is 12.9. The summed E-state index contributed by atoms with van der Waals surface area (Å²) in [5.41, 5.74) is 3.48. The number of hydrogen-bond acceptors (Lipinski definition) is 5. The number of hydrogen-bond donors (Lipinski definition) is 1. The van der Waals surface area contributed by atoms with Crippen molar-refractivity contribution in [1.29, 1.82) is 0 Å². The quantitative estimate of drug-likeness (QED) is 0.725. The molecule has 2 bridgehead atoms. The molecule has 6 aliphatic rings. The zero-order valence-electron chi connectivity index (χ0n) is 17.1. The molecule has 4 aliphatic carbocycles. The minimum atomic E-state index is -0.548. The predicted molar refractivity (Wildman–Crippen MR) is 106 cm³/mol. The Morgan fingerprint density at radius 2 is 1.59 bits per heavy atom. The highest BCUT2D eigenvalue weighted by molar-refractivity contribution is 5.98. The first-order chi connectivity index (χ1) is 14.1. The van der Waals surface area contributed by atoms with Crippen LogP contribution in [0.3, 0.4) is 0 Å². The van der Waals surface area contributed by atoms with Crippen LogP contribution >= 0.6 is 0 Å². The molecule has 0 aromatic rings. The highest BCUT2D eigenvalue weighted by Crippen LogP contribution is 2.62. The Hall–Kier alpha value is -2.14. The lowest BCUT2D eigenvalue weighted by Crippen LogP contribution is -2.51. The number of carbonyl (C=O) groups is 2. The Balaban J connectivity index is 1.62. The van der Waals surface area contributed by atoms with Crippen molar-refractivity contribution in [2.45, 2.75) is 64.9 Å². The van der Waals surface area contributed by atoms with Crippen molar-refractivity contribution < 1.29 is 24.2 Å². The molecule has 0 saturated heterocycles. The molecule has 0 amide bonds. The van der Waals surface area contributed by atoms with Crippen LogP contribution in [0.15, 0.2) is 46.0 Å². The molecule has 1 N–H and O–H groups in total. The van der Waals surface area contributed by atoms with Crippen molar-refractivity contribution in [1.82, 2.24) is 0 Å². The Morgan fingerprint density at radius 1 is 0.931 bits per heavy atom. The molecule has 6 rings (SSSR count). The molecule has 2 heterocycles. The van der Waals surface area contributed by atoms with E-state index in [9.17, 15) is 14.7 Å². The van der Waals surface area contributed by atoms with E-state index >= 15 is 0 Å². The second kappa shape index (κ2) is 6.98. The van der Waals surface area contributed by atoms with Crippen molar-refractivity contribution in [3.05, 3.63) is 46.0 Å². The Labute approximate surface area is 171 Å². The van der Waals surface area contributed by atoms with Gasteiger partial charge in [0, 0.05) is 28.6 Å². The normalized spacial score (nSPS) is 37.8. The van der Waals surface area contributed by atoms with Crippen LogP contribution in [0.25, 0.3) is 0 Å². The Bertz CT molecular complexity index is 902. The molecule has 0 spiro atoms. The molecule has 5 heteroatoms. The van der Waals surface area contributed by atoms with E-state index in [2.05, 4.69) is 13.8 Å². The van der Waals surface area contributed by atoms with Gasteiger partial charge in [-0.1, -0.05) is 26.7 Å². The molecular weight excluding hydrogens is 368 g/mol. The van der Waals surface area contributed by atoms with Crippen LogP contribution in [0.1, 0.15) is 58.8 Å². The summed E-state index contributed by atoms with van der Waals surface area (Å²) in [6, 6.07) is 0. The summed E-state index contributed by atoms with van der Waals surface area (Å²) in [7, 11) is 0. The number of allylic oxidation sites excluding steroid dienone is 4. The van der Waals surface area contributed by atoms with Crippen LogP contribution in [0, 0.1) is 23.7 Å². The van der Waals surface area contributed by atoms with E-state index in [-0.39, 0.29) is 35.6 Å². The van der Waals surface area contributed by atoms with Crippen LogP contribution in [0.5, 0.6) is 0 Å². The second-order valence-electron chi connectivity index (χ2n) is 8.88. The fraction of sp³-hybridized carbons (Fsp3) is 0.583. The fourth-order valence-electron chi connectivity index (χ4n) is 6.24. The van der Waals surface area contributed by atoms with E-state index in [4.69, 9.17) is 9.47 Å². The molecule has 154 valence electrons. The van der Waals surface area contributed by atoms with Crippen LogP contribution in [0.2, 0.25) is 0 Å². The smallest absolute Gasteiger partial charge is 0.340 e. The molecule has 29 heavy (non-hydrogen) atoms. The molecule has 2 aliphatic heterocycles. The third-order valence-electron chi connectivity index (χ3n) is 7.29. The number of rotatable bonds is 4. The number of carbonyl (C=O) groups excluding carboxylic acids is 2. The summed E-state index contributed by atoms with van der Waals surface area (Å²) in [6.07, 6.45) is 9.40. The number of aliphatic hydroxyl groups is 1. The number of esters is 2. The number of ether oxygens (including phenoxy) is 2. The van der Waals surface area contributed by atoms with Crippen LogP contribution in [-0.4, -0.2) is 23.1 Å². The summed E-state index contributed by atoms with van der Waals surface area (Å²) in [5, 5.41) is 10.8. The van der Waals surface area contributed by atoms with Gasteiger partial charge in [0.05, 0.1) is 11.7 Å². The summed E-state index contributed by atoms with van der Waals surface area (Å²) >= 11 is 0. The SMILES string of the molecule is CCCC=C1OC(=O)C2=C1CCC1C3C4=C(C(=CCCC)OC4=O)C(CC3O)C21. The van der Waals surface area contributed by atoms with E-state index < -0.39 is 6.10 Å². The van der Waals surface area contributed by atoms with Crippen molar-refractivity contribution in [2.75, 3.05) is 0 Å². The average Bonchev–Trinajstić information content (AvgIpc) is 3.22. The van der Waals surface area contributed by atoms with Gasteiger partial charge in [-0.2, -0.15) is 0 Å². The molecule has 0 aromatic carbocycles. The molecule has 1 fully saturated rings. The topological polar surface area (TPSA) is 72.8 Å². The van der Waals surface area contributed by atoms with Gasteiger partial charge in [0.25, 0.3) is 0 Å². The predicted octanol–water partition coefficient (Wildman–Crippen LogP) is 4.10. The third-order valence-corrected chi connectivity index (χ3v) is 7.29. The van der Waals surface area contributed by atoms with E-state index in [1.165, 1.54) is 0 Å². The molecular formula is C24H28O5. The van der Waals surface area contributed by atoms with E-state index in [0.717, 1.165) is 61.0 Å². The van der Waals surface area contributed by atoms with E-state index in [1.807, 2.05) is 12.2 Å². The third kappa shape index (κ3) is 2.63. The molecule has 1 saturated carbocycles. The van der Waals surface area contributed by atoms with Gasteiger partial charge in [0.1, 0.15) is 11.5 Å². The zero-order chi connectivity index (χ0) is 20.3. The zero-order valence-corrected chi connectivity index (χ0v) is 17.1. The summed E-state index contributed by atoms with van der Waals surface area (Å²) in [5.74, 6) is 0.661. The Morgan fingerprint density at radius 3 is 2.31 bits per heavy atom. The molecule has 5 nitrogen and oxygen atoms in total. The summed E-state index contributed by atoms with van der Waals surface area (Å²) < 4.78 is 11.3. The maximum atomic E-state index is 12.9. The lowest BCUT2D eigenvalue weighted by molar-refractivity contribution is -0.135. The molecule has 5 unspecified atom stereocenters. The van der Waals surface area contributed by atoms with Gasteiger partial charge < -0.3 is 14.6 Å². The van der Waals surface area contributed by atoms with E-state index in [1.54, 1.807) is 0 Å². The minimum Gasteiger partial charge on any atom is -0.423 e. The molecule has 0 aromatic heterocycles. The van der Waals surface area contributed by atoms with Crippen LogP contribution in [0.4, 0.5) is 0 Å². The van der Waals surface area contributed by atoms with Crippen LogP contribution < -0.4 is 0 Å². The first-order valence-corrected chi connectivity index (χ1v) is 11.1. The first kappa shape index (κ1) is 18.9. The second-order valence-corrected chi connectivity index (χ2v) is 8.88. The minimum absolute atomic E-state index is 0.00505. The number of cyclic esters (lactones) is 2. The van der Waals surface area contributed by atoms with Crippen molar-refractivity contribution in [3.8, 4) is 0 Å². The van der Waals surface area contributed by atoms with Gasteiger partial charge in [0.2, 0.25) is 0 Å². The fourth-order valence-corrected chi connectivity index (χ4v) is 6.24. The van der Waals surface area contributed by atoms with Gasteiger partial charge in [-0.3, -0.25) is 0 Å². The highest BCUT2D eigenvalue weighted by atomic mass is 16.5. The number of unbranched alkanes of at least 4 members (excludes halogenated alkanes) is 2. The van der Waals surface area contributed by atoms with Gasteiger partial charge in [0.15, 0.2) is 0 Å². The van der Waals surface area contributed by atoms with Gasteiger partial charge in [-0.15, -0.1) is 0 Å². The lowest BCUT2D eigenvalue weighted by Gasteiger charge is -2.52. The van der Waals surface area contributed by atoms with Crippen molar-refractivity contribution in [2.24, 2.45) is 23.7 Å². The summed E-state index contributed by atoms with van der Waals surface area (Å²) in [4.78, 5) is 25.6. The average molecular weight is 396 g/mol. The molecule has 5 atom stereocenters. The number of fused-ring (bicyclic) bond motifs is 1. The lowest BCUT2D eigenvalue weighted by atomic mass is 9.51.